The highest BCUT2D eigenvalue weighted by Gasteiger charge is 2.17. The fraction of sp³-hybridized carbons (Fsp3) is 0.500. The molecule has 0 aromatic carbocycles. The average Bonchev–Trinajstić information content (AvgIpc) is 2.26. The van der Waals surface area contributed by atoms with Crippen molar-refractivity contribution in [3.8, 4) is 6.07 Å². The predicted octanol–water partition coefficient (Wildman–Crippen LogP) is 3.59. The Morgan fingerprint density at radius 1 is 1.56 bits per heavy atom. The molecule has 0 aliphatic carbocycles. The van der Waals surface area contributed by atoms with Crippen LogP contribution in [0.15, 0.2) is 22.9 Å². The summed E-state index contributed by atoms with van der Waals surface area (Å²) in [6, 6.07) is 6.07. The molecule has 0 aliphatic heterocycles. The number of halogens is 1. The molecule has 0 bridgehead atoms. The Morgan fingerprint density at radius 3 is 2.94 bits per heavy atom. The zero-order valence-electron chi connectivity index (χ0n) is 9.63. The molecule has 86 valence electrons. The Bertz CT molecular complexity index is 382. The average molecular weight is 282 g/mol. The minimum atomic E-state index is 0.116. The Kier molecular flexibility index (Phi) is 4.75. The number of hydrogen-bond acceptors (Lipinski definition) is 3. The van der Waals surface area contributed by atoms with E-state index in [-0.39, 0.29) is 5.41 Å². The number of anilines is 1. The molecule has 1 aromatic heterocycles. The Labute approximate surface area is 105 Å². The molecule has 0 saturated carbocycles. The highest BCUT2D eigenvalue weighted by molar-refractivity contribution is 9.10. The first-order valence-electron chi connectivity index (χ1n) is 5.26. The summed E-state index contributed by atoms with van der Waals surface area (Å²) < 4.78 is 0.825. The largest absolute Gasteiger partial charge is 0.382 e. The minimum absolute atomic E-state index is 0.116. The van der Waals surface area contributed by atoms with Crippen LogP contribution in [-0.2, 0) is 0 Å². The smallest absolute Gasteiger partial charge is 0.129 e. The zero-order valence-corrected chi connectivity index (χ0v) is 11.2. The predicted molar refractivity (Wildman–Crippen MR) is 69.1 cm³/mol. The van der Waals surface area contributed by atoms with E-state index in [1.807, 2.05) is 12.1 Å². The van der Waals surface area contributed by atoms with E-state index in [9.17, 15) is 0 Å². The van der Waals surface area contributed by atoms with Crippen LogP contribution < -0.4 is 5.32 Å². The molecule has 16 heavy (non-hydrogen) atoms. The molecular weight excluding hydrogens is 266 g/mol. The highest BCUT2D eigenvalue weighted by atomic mass is 79.9. The van der Waals surface area contributed by atoms with Crippen molar-refractivity contribution in [3.05, 3.63) is 22.9 Å². The molecule has 3 nitrogen and oxygen atoms in total. The fourth-order valence-corrected chi connectivity index (χ4v) is 1.73. The lowest BCUT2D eigenvalue weighted by atomic mass is 9.88. The summed E-state index contributed by atoms with van der Waals surface area (Å²) in [4.78, 5) is 4.14. The van der Waals surface area contributed by atoms with Gasteiger partial charge in [-0.05, 0) is 39.9 Å². The first kappa shape index (κ1) is 13.0. The van der Waals surface area contributed by atoms with Crippen LogP contribution in [0.3, 0.4) is 0 Å². The molecule has 0 spiro atoms. The Balaban J connectivity index is 2.51. The number of aromatic nitrogens is 1. The van der Waals surface area contributed by atoms with E-state index in [0.29, 0.717) is 6.42 Å². The van der Waals surface area contributed by atoms with E-state index < -0.39 is 0 Å². The number of pyridine rings is 1. The number of hydrogen-bond donors (Lipinski definition) is 1. The van der Waals surface area contributed by atoms with Crippen LogP contribution in [-0.4, -0.2) is 11.5 Å². The maximum Gasteiger partial charge on any atom is 0.129 e. The van der Waals surface area contributed by atoms with Gasteiger partial charge < -0.3 is 5.32 Å². The third-order valence-electron chi connectivity index (χ3n) is 2.43. The van der Waals surface area contributed by atoms with Gasteiger partial charge >= 0.3 is 0 Å². The first-order valence-corrected chi connectivity index (χ1v) is 6.06. The van der Waals surface area contributed by atoms with Gasteiger partial charge in [-0.3, -0.25) is 0 Å². The van der Waals surface area contributed by atoms with E-state index in [2.05, 4.69) is 46.1 Å². The molecule has 0 saturated heterocycles. The van der Waals surface area contributed by atoms with E-state index in [4.69, 9.17) is 5.26 Å². The van der Waals surface area contributed by atoms with Crippen molar-refractivity contribution in [1.29, 1.82) is 5.26 Å². The molecule has 1 rings (SSSR count). The minimum Gasteiger partial charge on any atom is -0.382 e. The fourth-order valence-electron chi connectivity index (χ4n) is 1.34. The molecule has 0 unspecified atom stereocenters. The van der Waals surface area contributed by atoms with Crippen molar-refractivity contribution in [1.82, 2.24) is 4.98 Å². The van der Waals surface area contributed by atoms with Gasteiger partial charge in [-0.25, -0.2) is 4.98 Å². The van der Waals surface area contributed by atoms with Crippen LogP contribution in [0.4, 0.5) is 5.69 Å². The Hall–Kier alpha value is -1.08. The van der Waals surface area contributed by atoms with Crippen molar-refractivity contribution < 1.29 is 0 Å². The summed E-state index contributed by atoms with van der Waals surface area (Å²) in [7, 11) is 0. The Morgan fingerprint density at radius 2 is 2.31 bits per heavy atom. The number of nitrogens with one attached hydrogen (secondary N) is 1. The van der Waals surface area contributed by atoms with Gasteiger partial charge in [0.15, 0.2) is 0 Å². The summed E-state index contributed by atoms with van der Waals surface area (Å²) in [5, 5.41) is 11.9. The van der Waals surface area contributed by atoms with Crippen molar-refractivity contribution in [2.75, 3.05) is 11.9 Å². The summed E-state index contributed by atoms with van der Waals surface area (Å²) in [5.74, 6) is 0. The molecule has 0 fully saturated rings. The van der Waals surface area contributed by atoms with E-state index >= 15 is 0 Å². The molecule has 0 radical (unpaired) electrons. The molecule has 0 atom stereocenters. The molecule has 1 heterocycles. The van der Waals surface area contributed by atoms with Crippen LogP contribution in [0, 0.1) is 16.7 Å². The van der Waals surface area contributed by atoms with Gasteiger partial charge in [-0.1, -0.05) is 13.8 Å². The van der Waals surface area contributed by atoms with Crippen molar-refractivity contribution >= 4 is 21.6 Å². The lowest BCUT2D eigenvalue weighted by Gasteiger charge is -2.24. The third-order valence-corrected chi connectivity index (χ3v) is 3.06. The molecule has 1 aromatic rings. The standard InChI is InChI=1S/C12H16BrN3/c1-12(2,6-4-7-14)9-16-10-5-3-8-15-11(10)13/h3,5,8,16H,4,6,9H2,1-2H3. The molecule has 4 heteroatoms. The zero-order chi connectivity index (χ0) is 12.0. The van der Waals surface area contributed by atoms with Gasteiger partial charge in [-0.15, -0.1) is 0 Å². The van der Waals surface area contributed by atoms with E-state index in [1.54, 1.807) is 6.20 Å². The van der Waals surface area contributed by atoms with Gasteiger partial charge in [0.05, 0.1) is 11.8 Å². The highest BCUT2D eigenvalue weighted by Crippen LogP contribution is 2.25. The number of nitrogens with zero attached hydrogens (tertiary/aromatic N) is 2. The molecule has 1 N–H and O–H groups in total. The van der Waals surface area contributed by atoms with Gasteiger partial charge in [-0.2, -0.15) is 5.26 Å². The first-order chi connectivity index (χ1) is 7.55. The van der Waals surface area contributed by atoms with Gasteiger partial charge in [0.2, 0.25) is 0 Å². The van der Waals surface area contributed by atoms with Crippen LogP contribution in [0.5, 0.6) is 0 Å². The van der Waals surface area contributed by atoms with Crippen LogP contribution in [0.1, 0.15) is 26.7 Å². The van der Waals surface area contributed by atoms with Crippen LogP contribution >= 0.6 is 15.9 Å². The normalized spacial score (nSPS) is 10.9. The number of nitriles is 1. The maximum atomic E-state index is 8.57. The summed E-state index contributed by atoms with van der Waals surface area (Å²) in [6.45, 7) is 5.14. The summed E-state index contributed by atoms with van der Waals surface area (Å²) >= 11 is 3.39. The quantitative estimate of drug-likeness (QED) is 0.840. The maximum absolute atomic E-state index is 8.57. The third kappa shape index (κ3) is 4.19. The SMILES string of the molecule is CC(C)(CCC#N)CNc1cccnc1Br. The summed E-state index contributed by atoms with van der Waals surface area (Å²) in [5.41, 5.74) is 1.11. The lowest BCUT2D eigenvalue weighted by molar-refractivity contribution is 0.363. The second-order valence-corrected chi connectivity index (χ2v) is 5.27. The van der Waals surface area contributed by atoms with E-state index in [1.165, 1.54) is 0 Å². The van der Waals surface area contributed by atoms with Crippen LogP contribution in [0.2, 0.25) is 0 Å². The molecular formula is C12H16BrN3. The van der Waals surface area contributed by atoms with Gasteiger partial charge in [0.25, 0.3) is 0 Å². The van der Waals surface area contributed by atoms with Crippen LogP contribution in [0.25, 0.3) is 0 Å². The second-order valence-electron chi connectivity index (χ2n) is 4.52. The van der Waals surface area contributed by atoms with Crippen molar-refractivity contribution in [3.63, 3.8) is 0 Å². The topological polar surface area (TPSA) is 48.7 Å². The monoisotopic (exact) mass is 281 g/mol. The molecule has 0 aliphatic rings. The summed E-state index contributed by atoms with van der Waals surface area (Å²) in [6.07, 6.45) is 3.24. The van der Waals surface area contributed by atoms with Crippen molar-refractivity contribution in [2.45, 2.75) is 26.7 Å². The lowest BCUT2D eigenvalue weighted by Crippen LogP contribution is -2.23. The second kappa shape index (κ2) is 5.86. The van der Waals surface area contributed by atoms with Crippen molar-refractivity contribution in [2.24, 2.45) is 5.41 Å². The van der Waals surface area contributed by atoms with Gasteiger partial charge in [0.1, 0.15) is 4.60 Å². The number of rotatable bonds is 5. The molecule has 0 amide bonds. The van der Waals surface area contributed by atoms with Gasteiger partial charge in [0, 0.05) is 19.2 Å². The van der Waals surface area contributed by atoms with E-state index in [0.717, 1.165) is 23.3 Å².